The molecule has 3 aliphatic rings. The lowest BCUT2D eigenvalue weighted by atomic mass is 9.76. The van der Waals surface area contributed by atoms with Gasteiger partial charge in [0.25, 0.3) is 0 Å². The zero-order valence-corrected chi connectivity index (χ0v) is 8.17. The number of rotatable bonds is 0. The molecule has 1 N–H and O–H groups in total. The molecule has 2 aliphatic heterocycles. The normalized spacial score (nSPS) is 49.8. The average molecular weight is 181 g/mol. The fourth-order valence-corrected chi connectivity index (χ4v) is 3.46. The van der Waals surface area contributed by atoms with Crippen molar-refractivity contribution >= 4 is 0 Å². The number of ether oxygens (including phenoxy) is 1. The molecular formula is C11H19NO. The van der Waals surface area contributed by atoms with Crippen molar-refractivity contribution in [3.05, 3.63) is 0 Å². The maximum absolute atomic E-state index is 5.96. The Balaban J connectivity index is 1.77. The molecule has 2 heterocycles. The standard InChI is InChI=1S/C11H19NO/c1-2-4-10-9(3-1)11-8(7-13-10)5-6-12-11/h8-12H,1-7H2. The van der Waals surface area contributed by atoms with E-state index in [1.165, 1.54) is 38.6 Å². The van der Waals surface area contributed by atoms with Gasteiger partial charge in [-0.2, -0.15) is 0 Å². The molecular weight excluding hydrogens is 162 g/mol. The molecule has 0 amide bonds. The van der Waals surface area contributed by atoms with Gasteiger partial charge >= 0.3 is 0 Å². The fourth-order valence-electron chi connectivity index (χ4n) is 3.46. The topological polar surface area (TPSA) is 21.3 Å². The van der Waals surface area contributed by atoms with Crippen molar-refractivity contribution in [1.29, 1.82) is 0 Å². The van der Waals surface area contributed by atoms with Gasteiger partial charge in [-0.1, -0.05) is 12.8 Å². The molecule has 3 rings (SSSR count). The van der Waals surface area contributed by atoms with Crippen LogP contribution in [0.3, 0.4) is 0 Å². The van der Waals surface area contributed by atoms with Crippen LogP contribution in [-0.4, -0.2) is 25.3 Å². The summed E-state index contributed by atoms with van der Waals surface area (Å²) in [6, 6.07) is 0.805. The predicted molar refractivity (Wildman–Crippen MR) is 51.6 cm³/mol. The largest absolute Gasteiger partial charge is 0.378 e. The lowest BCUT2D eigenvalue weighted by Crippen LogP contribution is -2.49. The summed E-state index contributed by atoms with van der Waals surface area (Å²) < 4.78 is 5.96. The quantitative estimate of drug-likeness (QED) is 0.612. The van der Waals surface area contributed by atoms with Gasteiger partial charge in [0.2, 0.25) is 0 Å². The van der Waals surface area contributed by atoms with Crippen LogP contribution in [0.2, 0.25) is 0 Å². The molecule has 2 saturated heterocycles. The predicted octanol–water partition coefficient (Wildman–Crippen LogP) is 1.55. The molecule has 2 nitrogen and oxygen atoms in total. The van der Waals surface area contributed by atoms with Crippen LogP contribution in [0.5, 0.6) is 0 Å². The third kappa shape index (κ3) is 1.31. The van der Waals surface area contributed by atoms with Gasteiger partial charge in [-0.05, 0) is 31.7 Å². The van der Waals surface area contributed by atoms with E-state index < -0.39 is 0 Å². The zero-order valence-electron chi connectivity index (χ0n) is 8.17. The molecule has 3 fully saturated rings. The van der Waals surface area contributed by atoms with Crippen molar-refractivity contribution < 1.29 is 4.74 Å². The van der Waals surface area contributed by atoms with Gasteiger partial charge < -0.3 is 10.1 Å². The summed E-state index contributed by atoms with van der Waals surface area (Å²) in [4.78, 5) is 0. The van der Waals surface area contributed by atoms with Crippen LogP contribution in [0.4, 0.5) is 0 Å². The van der Waals surface area contributed by atoms with E-state index in [0.717, 1.165) is 24.5 Å². The zero-order chi connectivity index (χ0) is 8.67. The van der Waals surface area contributed by atoms with Crippen LogP contribution in [0.15, 0.2) is 0 Å². The van der Waals surface area contributed by atoms with Crippen molar-refractivity contribution in [2.75, 3.05) is 13.2 Å². The van der Waals surface area contributed by atoms with Crippen LogP contribution in [-0.2, 0) is 4.74 Å². The van der Waals surface area contributed by atoms with E-state index in [4.69, 9.17) is 4.74 Å². The van der Waals surface area contributed by atoms with Crippen molar-refractivity contribution in [1.82, 2.24) is 5.32 Å². The first kappa shape index (κ1) is 8.25. The second-order valence-electron chi connectivity index (χ2n) is 4.85. The van der Waals surface area contributed by atoms with Gasteiger partial charge in [0, 0.05) is 12.0 Å². The SMILES string of the molecule is C1CCC2C(C1)OCC1CCNC12. The minimum Gasteiger partial charge on any atom is -0.378 e. The third-order valence-electron chi connectivity index (χ3n) is 4.14. The first-order valence-corrected chi connectivity index (χ1v) is 5.80. The highest BCUT2D eigenvalue weighted by Crippen LogP contribution is 2.38. The summed E-state index contributed by atoms with van der Waals surface area (Å²) in [6.45, 7) is 2.25. The van der Waals surface area contributed by atoms with Crippen molar-refractivity contribution in [3.8, 4) is 0 Å². The van der Waals surface area contributed by atoms with Crippen LogP contribution in [0, 0.1) is 11.8 Å². The van der Waals surface area contributed by atoms with Gasteiger partial charge in [-0.15, -0.1) is 0 Å². The van der Waals surface area contributed by atoms with E-state index in [0.29, 0.717) is 6.10 Å². The lowest BCUT2D eigenvalue weighted by molar-refractivity contribution is -0.0822. The van der Waals surface area contributed by atoms with E-state index in [2.05, 4.69) is 5.32 Å². The highest BCUT2D eigenvalue weighted by molar-refractivity contribution is 4.96. The Morgan fingerprint density at radius 1 is 1.08 bits per heavy atom. The van der Waals surface area contributed by atoms with Gasteiger partial charge in [0.05, 0.1) is 12.7 Å². The summed E-state index contributed by atoms with van der Waals surface area (Å²) in [5, 5.41) is 3.68. The van der Waals surface area contributed by atoms with Gasteiger partial charge in [-0.3, -0.25) is 0 Å². The summed E-state index contributed by atoms with van der Waals surface area (Å²) in [7, 11) is 0. The van der Waals surface area contributed by atoms with Crippen LogP contribution in [0.1, 0.15) is 32.1 Å². The van der Waals surface area contributed by atoms with Gasteiger partial charge in [0.15, 0.2) is 0 Å². The maximum atomic E-state index is 5.96. The molecule has 0 spiro atoms. The Morgan fingerprint density at radius 2 is 2.00 bits per heavy atom. The Hall–Kier alpha value is -0.0800. The third-order valence-corrected chi connectivity index (χ3v) is 4.14. The molecule has 74 valence electrons. The number of nitrogens with one attached hydrogen (secondary N) is 1. The molecule has 0 bridgehead atoms. The Bertz CT molecular complexity index is 195. The smallest absolute Gasteiger partial charge is 0.0618 e. The Labute approximate surface area is 80.0 Å². The molecule has 1 aliphatic carbocycles. The van der Waals surface area contributed by atoms with Crippen molar-refractivity contribution in [3.63, 3.8) is 0 Å². The first-order valence-electron chi connectivity index (χ1n) is 5.80. The van der Waals surface area contributed by atoms with E-state index in [9.17, 15) is 0 Å². The molecule has 2 heteroatoms. The minimum absolute atomic E-state index is 0.598. The number of fused-ring (bicyclic) bond motifs is 3. The second-order valence-corrected chi connectivity index (χ2v) is 4.85. The summed E-state index contributed by atoms with van der Waals surface area (Å²) in [5.74, 6) is 1.68. The van der Waals surface area contributed by atoms with E-state index >= 15 is 0 Å². The summed E-state index contributed by atoms with van der Waals surface area (Å²) >= 11 is 0. The highest BCUT2D eigenvalue weighted by Gasteiger charge is 2.42. The molecule has 4 atom stereocenters. The van der Waals surface area contributed by atoms with Crippen LogP contribution in [0.25, 0.3) is 0 Å². The Morgan fingerprint density at radius 3 is 3.00 bits per heavy atom. The number of hydrogen-bond donors (Lipinski definition) is 1. The fraction of sp³-hybridized carbons (Fsp3) is 1.00. The first-order chi connectivity index (χ1) is 6.45. The second kappa shape index (κ2) is 3.25. The summed E-state index contributed by atoms with van der Waals surface area (Å²) in [5.41, 5.74) is 0. The maximum Gasteiger partial charge on any atom is 0.0618 e. The molecule has 0 aromatic heterocycles. The Kier molecular flexibility index (Phi) is 2.06. The molecule has 4 unspecified atom stereocenters. The van der Waals surface area contributed by atoms with E-state index in [-0.39, 0.29) is 0 Å². The van der Waals surface area contributed by atoms with Gasteiger partial charge in [-0.25, -0.2) is 0 Å². The molecule has 0 aromatic rings. The summed E-state index contributed by atoms with van der Waals surface area (Å²) in [6.07, 6.45) is 7.47. The average Bonchev–Trinajstić information content (AvgIpc) is 2.65. The van der Waals surface area contributed by atoms with Crippen LogP contribution < -0.4 is 5.32 Å². The highest BCUT2D eigenvalue weighted by atomic mass is 16.5. The lowest BCUT2D eigenvalue weighted by Gasteiger charge is -2.42. The molecule has 0 radical (unpaired) electrons. The van der Waals surface area contributed by atoms with Crippen molar-refractivity contribution in [2.45, 2.75) is 44.2 Å². The van der Waals surface area contributed by atoms with E-state index in [1.54, 1.807) is 0 Å². The molecule has 0 aromatic carbocycles. The van der Waals surface area contributed by atoms with Crippen LogP contribution >= 0.6 is 0 Å². The molecule has 13 heavy (non-hydrogen) atoms. The molecule has 1 saturated carbocycles. The van der Waals surface area contributed by atoms with Crippen molar-refractivity contribution in [2.24, 2.45) is 11.8 Å². The van der Waals surface area contributed by atoms with Gasteiger partial charge in [0.1, 0.15) is 0 Å². The number of hydrogen-bond acceptors (Lipinski definition) is 2. The van der Waals surface area contributed by atoms with E-state index in [1.807, 2.05) is 0 Å². The minimum atomic E-state index is 0.598. The monoisotopic (exact) mass is 181 g/mol.